The van der Waals surface area contributed by atoms with Gasteiger partial charge in [0.25, 0.3) is 5.91 Å². The van der Waals surface area contributed by atoms with Crippen LogP contribution < -0.4 is 24.3 Å². The highest BCUT2D eigenvalue weighted by Crippen LogP contribution is 2.36. The summed E-state index contributed by atoms with van der Waals surface area (Å²) in [5.74, 6) is -2.50. The van der Waals surface area contributed by atoms with Crippen LogP contribution in [-0.2, 0) is 14.4 Å². The maximum absolute atomic E-state index is 12.7. The molecule has 3 rings (SSSR count). The number of carbonyl (C=O) groups is 4. The van der Waals surface area contributed by atoms with Crippen LogP contribution in [0.1, 0.15) is 22.3 Å². The lowest BCUT2D eigenvalue weighted by Gasteiger charge is -2.13. The number of benzene rings is 2. The molecule has 178 valence electrons. The second-order valence-corrected chi connectivity index (χ2v) is 7.05. The Kier molecular flexibility index (Phi) is 7.36. The van der Waals surface area contributed by atoms with Gasteiger partial charge in [-0.1, -0.05) is 0 Å². The predicted octanol–water partition coefficient (Wildman–Crippen LogP) is 1.74. The van der Waals surface area contributed by atoms with E-state index in [1.807, 2.05) is 0 Å². The monoisotopic (exact) mass is 471 g/mol. The minimum atomic E-state index is -1.59. The Balaban J connectivity index is 1.70. The Bertz CT molecular complexity index is 1170. The van der Waals surface area contributed by atoms with Crippen molar-refractivity contribution < 1.29 is 48.3 Å². The average molecular weight is 471 g/mol. The van der Waals surface area contributed by atoms with Gasteiger partial charge in [0.05, 0.1) is 26.2 Å². The summed E-state index contributed by atoms with van der Waals surface area (Å²) >= 11 is 0. The molecule has 2 aromatic rings. The van der Waals surface area contributed by atoms with Crippen molar-refractivity contribution in [1.29, 1.82) is 0 Å². The number of carboxylic acid groups (broad SMARTS) is 2. The number of fused-ring (bicyclic) bond motifs is 1. The third kappa shape index (κ3) is 5.63. The van der Waals surface area contributed by atoms with Crippen molar-refractivity contribution in [3.05, 3.63) is 53.3 Å². The maximum Gasteiger partial charge on any atom is 0.326 e. The standard InChI is InChI=1S/C23H21NO10/c1-31-13-4-6-17(32-2)12(7-13)8-19-22(28)15-5-3-14(9-18(15)34-19)33-11-20(25)24-16(23(29)30)10-21(26)27/h3-9,16H,10-11H2,1-2H3,(H,24,25)(H,26,27)(H,29,30)/b19-8-/t16-/m0/s1. The zero-order valence-electron chi connectivity index (χ0n) is 18.2. The Hall–Kier alpha value is -4.54. The molecule has 1 heterocycles. The molecule has 34 heavy (non-hydrogen) atoms. The first-order chi connectivity index (χ1) is 16.2. The Morgan fingerprint density at radius 3 is 2.44 bits per heavy atom. The van der Waals surface area contributed by atoms with Crippen molar-refractivity contribution in [2.24, 2.45) is 0 Å². The number of aliphatic carboxylic acids is 2. The van der Waals surface area contributed by atoms with Crippen molar-refractivity contribution in [3.63, 3.8) is 0 Å². The van der Waals surface area contributed by atoms with E-state index >= 15 is 0 Å². The molecule has 11 nitrogen and oxygen atoms in total. The van der Waals surface area contributed by atoms with Gasteiger partial charge in [-0.3, -0.25) is 14.4 Å². The van der Waals surface area contributed by atoms with Gasteiger partial charge in [0.15, 0.2) is 12.4 Å². The van der Waals surface area contributed by atoms with Crippen LogP contribution in [0.4, 0.5) is 0 Å². The lowest BCUT2D eigenvalue weighted by atomic mass is 10.1. The molecule has 1 aliphatic rings. The van der Waals surface area contributed by atoms with E-state index < -0.39 is 36.9 Å². The van der Waals surface area contributed by atoms with Crippen LogP contribution >= 0.6 is 0 Å². The second-order valence-electron chi connectivity index (χ2n) is 7.05. The third-order valence-corrected chi connectivity index (χ3v) is 4.75. The second kappa shape index (κ2) is 10.4. The number of nitrogens with one attached hydrogen (secondary N) is 1. The van der Waals surface area contributed by atoms with Gasteiger partial charge in [-0.05, 0) is 36.4 Å². The molecule has 0 spiro atoms. The first-order valence-electron chi connectivity index (χ1n) is 9.89. The van der Waals surface area contributed by atoms with E-state index in [4.69, 9.17) is 29.2 Å². The van der Waals surface area contributed by atoms with Gasteiger partial charge in [0, 0.05) is 11.6 Å². The first-order valence-corrected chi connectivity index (χ1v) is 9.89. The summed E-state index contributed by atoms with van der Waals surface area (Å²) in [5.41, 5.74) is 0.859. The summed E-state index contributed by atoms with van der Waals surface area (Å²) in [5, 5.41) is 19.8. The minimum Gasteiger partial charge on any atom is -0.497 e. The SMILES string of the molecule is COc1ccc(OC)c(/C=C2\Oc3cc(OCC(=O)N[C@@H](CC(=O)O)C(=O)O)ccc3C2=O)c1. The van der Waals surface area contributed by atoms with E-state index in [1.54, 1.807) is 18.2 Å². The molecule has 3 N–H and O–H groups in total. The number of hydrogen-bond donors (Lipinski definition) is 3. The lowest BCUT2D eigenvalue weighted by Crippen LogP contribution is -2.44. The molecule has 0 saturated heterocycles. The van der Waals surface area contributed by atoms with Crippen molar-refractivity contribution in [1.82, 2.24) is 5.32 Å². The Morgan fingerprint density at radius 2 is 1.79 bits per heavy atom. The number of amides is 1. The molecular formula is C23H21NO10. The molecule has 0 unspecified atom stereocenters. The van der Waals surface area contributed by atoms with E-state index in [1.165, 1.54) is 38.5 Å². The number of Topliss-reactive ketones (excluding diaryl/α,β-unsaturated/α-hetero) is 1. The average Bonchev–Trinajstić information content (AvgIpc) is 3.11. The van der Waals surface area contributed by atoms with Crippen LogP contribution in [0.2, 0.25) is 0 Å². The minimum absolute atomic E-state index is 0.0504. The summed E-state index contributed by atoms with van der Waals surface area (Å²) in [4.78, 5) is 46.5. The number of hydrogen-bond acceptors (Lipinski definition) is 8. The topological polar surface area (TPSA) is 158 Å². The number of carboxylic acids is 2. The smallest absolute Gasteiger partial charge is 0.326 e. The number of methoxy groups -OCH3 is 2. The molecule has 1 atom stereocenters. The van der Waals surface area contributed by atoms with Crippen molar-refractivity contribution in [2.75, 3.05) is 20.8 Å². The highest BCUT2D eigenvalue weighted by atomic mass is 16.5. The number of carbonyl (C=O) groups excluding carboxylic acids is 2. The molecule has 0 radical (unpaired) electrons. The zero-order valence-corrected chi connectivity index (χ0v) is 18.2. The normalized spacial score (nSPS) is 14.1. The highest BCUT2D eigenvalue weighted by Gasteiger charge is 2.28. The zero-order chi connectivity index (χ0) is 24.8. The van der Waals surface area contributed by atoms with Crippen LogP contribution in [0.15, 0.2) is 42.2 Å². The Morgan fingerprint density at radius 1 is 1.06 bits per heavy atom. The van der Waals surface area contributed by atoms with E-state index in [0.29, 0.717) is 17.1 Å². The largest absolute Gasteiger partial charge is 0.497 e. The van der Waals surface area contributed by atoms with E-state index in [2.05, 4.69) is 5.32 Å². The molecular weight excluding hydrogens is 450 g/mol. The van der Waals surface area contributed by atoms with Crippen LogP contribution in [0.3, 0.4) is 0 Å². The maximum atomic E-state index is 12.7. The third-order valence-electron chi connectivity index (χ3n) is 4.75. The summed E-state index contributed by atoms with van der Waals surface area (Å²) in [6.45, 7) is -0.570. The van der Waals surface area contributed by atoms with Crippen LogP contribution in [-0.4, -0.2) is 60.7 Å². The van der Waals surface area contributed by atoms with Crippen molar-refractivity contribution in [2.45, 2.75) is 12.5 Å². The van der Waals surface area contributed by atoms with Crippen molar-refractivity contribution >= 4 is 29.7 Å². The molecule has 11 heteroatoms. The van der Waals surface area contributed by atoms with Crippen LogP contribution in [0.5, 0.6) is 23.0 Å². The van der Waals surface area contributed by atoms with Crippen LogP contribution in [0.25, 0.3) is 6.08 Å². The predicted molar refractivity (Wildman–Crippen MR) is 116 cm³/mol. The molecule has 0 bridgehead atoms. The molecule has 1 aliphatic heterocycles. The van der Waals surface area contributed by atoms with Gasteiger partial charge in [-0.2, -0.15) is 0 Å². The fourth-order valence-corrected chi connectivity index (χ4v) is 3.11. The van der Waals surface area contributed by atoms with E-state index in [9.17, 15) is 19.2 Å². The van der Waals surface area contributed by atoms with E-state index in [-0.39, 0.29) is 28.6 Å². The van der Waals surface area contributed by atoms with Gasteiger partial charge in [0.1, 0.15) is 29.0 Å². The molecule has 0 saturated carbocycles. The summed E-state index contributed by atoms with van der Waals surface area (Å²) < 4.78 is 21.5. The number of ether oxygens (including phenoxy) is 4. The van der Waals surface area contributed by atoms with Crippen LogP contribution in [0, 0.1) is 0 Å². The summed E-state index contributed by atoms with van der Waals surface area (Å²) in [6.07, 6.45) is 0.745. The Labute approximate surface area is 193 Å². The van der Waals surface area contributed by atoms with Gasteiger partial charge in [-0.25, -0.2) is 4.79 Å². The first kappa shape index (κ1) is 24.1. The van der Waals surface area contributed by atoms with Gasteiger partial charge >= 0.3 is 11.9 Å². The molecule has 2 aromatic carbocycles. The highest BCUT2D eigenvalue weighted by molar-refractivity contribution is 6.14. The number of ketones is 1. The summed E-state index contributed by atoms with van der Waals surface area (Å²) in [6, 6.07) is 7.85. The molecule has 0 fully saturated rings. The summed E-state index contributed by atoms with van der Waals surface area (Å²) in [7, 11) is 3.01. The van der Waals surface area contributed by atoms with Crippen molar-refractivity contribution in [3.8, 4) is 23.0 Å². The van der Waals surface area contributed by atoms with E-state index in [0.717, 1.165) is 0 Å². The number of allylic oxidation sites excluding steroid dienone is 1. The fourth-order valence-electron chi connectivity index (χ4n) is 3.11. The molecule has 0 aliphatic carbocycles. The van der Waals surface area contributed by atoms with Gasteiger partial charge in [-0.15, -0.1) is 0 Å². The van der Waals surface area contributed by atoms with Gasteiger partial charge in [0.2, 0.25) is 5.78 Å². The molecule has 1 amide bonds. The molecule has 0 aromatic heterocycles. The lowest BCUT2D eigenvalue weighted by molar-refractivity contribution is -0.147. The quantitative estimate of drug-likeness (QED) is 0.436. The fraction of sp³-hybridized carbons (Fsp3) is 0.217. The van der Waals surface area contributed by atoms with Gasteiger partial charge < -0.3 is 34.5 Å². The number of rotatable bonds is 10.